The summed E-state index contributed by atoms with van der Waals surface area (Å²) < 4.78 is 6.71. The van der Waals surface area contributed by atoms with E-state index in [0.29, 0.717) is 5.56 Å². The summed E-state index contributed by atoms with van der Waals surface area (Å²) >= 11 is 0. The summed E-state index contributed by atoms with van der Waals surface area (Å²) in [5.74, 6) is -0.294. The van der Waals surface area contributed by atoms with Gasteiger partial charge in [-0.05, 0) is 12.1 Å². The summed E-state index contributed by atoms with van der Waals surface area (Å²) in [7, 11) is 1.39. The van der Waals surface area contributed by atoms with E-state index >= 15 is 0 Å². The van der Waals surface area contributed by atoms with Crippen LogP contribution < -0.4 is 0 Å². The van der Waals surface area contributed by atoms with Gasteiger partial charge in [0.05, 0.1) is 18.4 Å². The van der Waals surface area contributed by atoms with Crippen LogP contribution in [0.5, 0.6) is 0 Å². The van der Waals surface area contributed by atoms with Crippen LogP contribution in [0.2, 0.25) is 0 Å². The molecule has 1 aliphatic rings. The second-order valence-electron chi connectivity index (χ2n) is 3.76. The number of ether oxygens (including phenoxy) is 1. The molecule has 2 aromatic rings. The highest BCUT2D eigenvalue weighted by atomic mass is 16.5. The lowest BCUT2D eigenvalue weighted by Crippen LogP contribution is -1.99. The number of hydrogen-bond acceptors (Lipinski definition) is 3. The van der Waals surface area contributed by atoms with Gasteiger partial charge in [0, 0.05) is 36.3 Å². The molecule has 0 saturated carbocycles. The Morgan fingerprint density at radius 3 is 3.25 bits per heavy atom. The van der Waals surface area contributed by atoms with Crippen LogP contribution in [0.1, 0.15) is 21.6 Å². The first-order valence-electron chi connectivity index (χ1n) is 5.02. The molecule has 0 saturated heterocycles. The van der Waals surface area contributed by atoms with Crippen LogP contribution in [0, 0.1) is 0 Å². The normalized spacial score (nSPS) is 12.1. The van der Waals surface area contributed by atoms with Crippen LogP contribution in [-0.2, 0) is 11.2 Å². The zero-order valence-corrected chi connectivity index (χ0v) is 8.80. The molecule has 0 radical (unpaired) electrons. The number of rotatable bonds is 1. The molecular weight excluding hydrogens is 204 g/mol. The van der Waals surface area contributed by atoms with E-state index in [2.05, 4.69) is 4.98 Å². The monoisotopic (exact) mass is 214 g/mol. The Kier molecular flexibility index (Phi) is 1.83. The van der Waals surface area contributed by atoms with Crippen molar-refractivity contribution in [2.75, 3.05) is 7.11 Å². The van der Waals surface area contributed by atoms with Gasteiger partial charge in [-0.1, -0.05) is 0 Å². The number of methoxy groups -OCH3 is 1. The first-order valence-corrected chi connectivity index (χ1v) is 5.02. The van der Waals surface area contributed by atoms with Crippen molar-refractivity contribution in [3.05, 3.63) is 47.5 Å². The van der Waals surface area contributed by atoms with Gasteiger partial charge in [0.15, 0.2) is 0 Å². The summed E-state index contributed by atoms with van der Waals surface area (Å²) in [6.07, 6.45) is 6.25. The molecule has 0 atom stereocenters. The van der Waals surface area contributed by atoms with E-state index in [0.717, 1.165) is 17.8 Å². The molecule has 0 bridgehead atoms. The topological polar surface area (TPSA) is 44.1 Å². The van der Waals surface area contributed by atoms with Gasteiger partial charge in [0.25, 0.3) is 0 Å². The van der Waals surface area contributed by atoms with Crippen LogP contribution in [-0.4, -0.2) is 22.6 Å². The number of pyridine rings is 1. The molecule has 4 nitrogen and oxygen atoms in total. The van der Waals surface area contributed by atoms with Crippen LogP contribution >= 0.6 is 0 Å². The van der Waals surface area contributed by atoms with Crippen molar-refractivity contribution < 1.29 is 9.53 Å². The zero-order valence-electron chi connectivity index (χ0n) is 8.80. The third kappa shape index (κ3) is 1.16. The quantitative estimate of drug-likeness (QED) is 0.577. The third-order valence-corrected chi connectivity index (χ3v) is 2.83. The molecule has 2 aromatic heterocycles. The summed E-state index contributed by atoms with van der Waals surface area (Å²) in [4.78, 5) is 15.5. The third-order valence-electron chi connectivity index (χ3n) is 2.83. The molecule has 0 aliphatic carbocycles. The maximum atomic E-state index is 11.4. The lowest BCUT2D eigenvalue weighted by molar-refractivity contribution is 0.0601. The molecule has 0 N–H and O–H groups in total. The van der Waals surface area contributed by atoms with Crippen LogP contribution in [0.15, 0.2) is 30.7 Å². The summed E-state index contributed by atoms with van der Waals surface area (Å²) in [6.45, 7) is 0. The Bertz CT molecular complexity index is 572. The number of fused-ring (bicyclic) bond motifs is 3. The second-order valence-corrected chi connectivity index (χ2v) is 3.76. The van der Waals surface area contributed by atoms with Gasteiger partial charge in [-0.25, -0.2) is 4.79 Å². The van der Waals surface area contributed by atoms with Gasteiger partial charge in [0.2, 0.25) is 0 Å². The molecule has 3 rings (SSSR count). The van der Waals surface area contributed by atoms with Crippen LogP contribution in [0.3, 0.4) is 0 Å². The average Bonchev–Trinajstić information content (AvgIpc) is 2.85. The summed E-state index contributed by atoms with van der Waals surface area (Å²) in [5, 5.41) is 0. The molecule has 80 valence electrons. The number of esters is 1. The molecule has 16 heavy (non-hydrogen) atoms. The molecule has 0 aromatic carbocycles. The van der Waals surface area contributed by atoms with E-state index < -0.39 is 0 Å². The van der Waals surface area contributed by atoms with Gasteiger partial charge < -0.3 is 9.30 Å². The minimum atomic E-state index is -0.294. The van der Waals surface area contributed by atoms with Gasteiger partial charge >= 0.3 is 5.97 Å². The van der Waals surface area contributed by atoms with Crippen LogP contribution in [0.4, 0.5) is 0 Å². The molecule has 0 unspecified atom stereocenters. The average molecular weight is 214 g/mol. The van der Waals surface area contributed by atoms with E-state index in [9.17, 15) is 4.79 Å². The fraction of sp³-hybridized carbons (Fsp3) is 0.167. The highest BCUT2D eigenvalue weighted by molar-refractivity contribution is 5.89. The van der Waals surface area contributed by atoms with E-state index in [4.69, 9.17) is 4.74 Å². The molecule has 0 fully saturated rings. The molecule has 1 aliphatic heterocycles. The van der Waals surface area contributed by atoms with Crippen molar-refractivity contribution in [1.82, 2.24) is 9.55 Å². The summed E-state index contributed by atoms with van der Waals surface area (Å²) in [5.41, 5.74) is 3.98. The Hall–Kier alpha value is -2.10. The zero-order chi connectivity index (χ0) is 11.1. The van der Waals surface area contributed by atoms with Crippen LogP contribution in [0.25, 0.3) is 5.69 Å². The highest BCUT2D eigenvalue weighted by Crippen LogP contribution is 2.28. The number of nitrogens with zero attached hydrogens (tertiary/aromatic N) is 2. The first kappa shape index (κ1) is 9.15. The Morgan fingerprint density at radius 1 is 1.56 bits per heavy atom. The van der Waals surface area contributed by atoms with Crippen molar-refractivity contribution in [2.45, 2.75) is 6.42 Å². The number of carbonyl (C=O) groups excluding carboxylic acids is 1. The standard InChI is InChI=1S/C12H10N2O2/c1-16-12(15)9-5-10-4-8-6-13-3-2-11(8)14(10)7-9/h2-3,5-7H,4H2,1H3. The van der Waals surface area contributed by atoms with Gasteiger partial charge in [-0.15, -0.1) is 0 Å². The van der Waals surface area contributed by atoms with Crippen molar-refractivity contribution in [2.24, 2.45) is 0 Å². The molecule has 0 spiro atoms. The van der Waals surface area contributed by atoms with E-state index in [1.807, 2.05) is 29.1 Å². The lowest BCUT2D eigenvalue weighted by Gasteiger charge is -2.00. The van der Waals surface area contributed by atoms with E-state index in [1.165, 1.54) is 12.7 Å². The lowest BCUT2D eigenvalue weighted by atomic mass is 10.2. The van der Waals surface area contributed by atoms with E-state index in [1.54, 1.807) is 6.20 Å². The molecule has 3 heterocycles. The van der Waals surface area contributed by atoms with E-state index in [-0.39, 0.29) is 5.97 Å². The second kappa shape index (κ2) is 3.20. The fourth-order valence-electron chi connectivity index (χ4n) is 2.08. The minimum Gasteiger partial charge on any atom is -0.465 e. The maximum Gasteiger partial charge on any atom is 0.339 e. The van der Waals surface area contributed by atoms with Gasteiger partial charge in [-0.3, -0.25) is 4.98 Å². The highest BCUT2D eigenvalue weighted by Gasteiger charge is 2.21. The number of carbonyl (C=O) groups is 1. The van der Waals surface area contributed by atoms with Crippen molar-refractivity contribution in [3.63, 3.8) is 0 Å². The SMILES string of the molecule is COC(=O)c1cc2n(c1)-c1ccncc1C2. The number of hydrogen-bond donors (Lipinski definition) is 0. The maximum absolute atomic E-state index is 11.4. The van der Waals surface area contributed by atoms with Gasteiger partial charge in [-0.2, -0.15) is 0 Å². The fourth-order valence-corrected chi connectivity index (χ4v) is 2.08. The Balaban J connectivity index is 2.11. The van der Waals surface area contributed by atoms with Gasteiger partial charge in [0.1, 0.15) is 0 Å². The first-order chi connectivity index (χ1) is 7.79. The largest absolute Gasteiger partial charge is 0.465 e. The number of aromatic nitrogens is 2. The minimum absolute atomic E-state index is 0.294. The van der Waals surface area contributed by atoms with Crippen molar-refractivity contribution >= 4 is 5.97 Å². The predicted octanol–water partition coefficient (Wildman–Crippen LogP) is 1.56. The summed E-state index contributed by atoms with van der Waals surface area (Å²) in [6, 6.07) is 3.82. The molecule has 4 heteroatoms. The Morgan fingerprint density at radius 2 is 2.44 bits per heavy atom. The smallest absolute Gasteiger partial charge is 0.339 e. The Labute approximate surface area is 92.5 Å². The molecular formula is C12H10N2O2. The van der Waals surface area contributed by atoms with Crippen molar-refractivity contribution in [1.29, 1.82) is 0 Å². The predicted molar refractivity (Wildman–Crippen MR) is 57.7 cm³/mol. The van der Waals surface area contributed by atoms with Crippen molar-refractivity contribution in [3.8, 4) is 5.69 Å². The molecule has 0 amide bonds.